The van der Waals surface area contributed by atoms with Crippen molar-refractivity contribution in [3.05, 3.63) is 28.0 Å². The van der Waals surface area contributed by atoms with Crippen molar-refractivity contribution in [2.75, 3.05) is 32.8 Å². The van der Waals surface area contributed by atoms with Gasteiger partial charge in [-0.05, 0) is 6.92 Å². The quantitative estimate of drug-likeness (QED) is 0.869. The van der Waals surface area contributed by atoms with Crippen LogP contribution in [0.2, 0.25) is 0 Å². The zero-order valence-corrected chi connectivity index (χ0v) is 12.2. The van der Waals surface area contributed by atoms with Crippen LogP contribution in [-0.2, 0) is 11.3 Å². The fourth-order valence-corrected chi connectivity index (χ4v) is 2.63. The average molecular weight is 307 g/mol. The number of nitrogens with zero attached hydrogens (tertiary/aromatic N) is 3. The summed E-state index contributed by atoms with van der Waals surface area (Å²) in [6.45, 7) is 5.70. The number of aryl methyl sites for hydroxylation is 1. The van der Waals surface area contributed by atoms with Crippen molar-refractivity contribution in [2.24, 2.45) is 0 Å². The molecule has 0 aliphatic carbocycles. The Balaban J connectivity index is 1.90. The van der Waals surface area contributed by atoms with Gasteiger partial charge >= 0.3 is 5.97 Å². The number of carboxylic acid groups (broad SMARTS) is 1. The lowest BCUT2D eigenvalue weighted by molar-refractivity contribution is 0.0362. The number of ether oxygens (including phenoxy) is 1. The number of morpholine rings is 1. The molecule has 22 heavy (non-hydrogen) atoms. The third-order valence-corrected chi connectivity index (χ3v) is 3.83. The molecule has 0 atom stereocenters. The van der Waals surface area contributed by atoms with Crippen molar-refractivity contribution >= 4 is 17.1 Å². The molecule has 8 heteroatoms. The summed E-state index contributed by atoms with van der Waals surface area (Å²) in [6.07, 6.45) is 1.40. The summed E-state index contributed by atoms with van der Waals surface area (Å²) in [4.78, 5) is 30.1. The highest BCUT2D eigenvalue weighted by atomic mass is 16.5. The topological polar surface area (TPSA) is 97.8 Å². The van der Waals surface area contributed by atoms with E-state index in [1.54, 1.807) is 0 Å². The number of furan rings is 1. The Morgan fingerprint density at radius 3 is 2.77 bits per heavy atom. The van der Waals surface area contributed by atoms with E-state index in [9.17, 15) is 14.7 Å². The molecule has 1 aliphatic heterocycles. The Labute approximate surface area is 125 Å². The smallest absolute Gasteiger partial charge is 0.340 e. The monoisotopic (exact) mass is 307 g/mol. The van der Waals surface area contributed by atoms with Gasteiger partial charge in [-0.15, -0.1) is 0 Å². The molecule has 1 saturated heterocycles. The lowest BCUT2D eigenvalue weighted by Crippen LogP contribution is -2.39. The molecular weight excluding hydrogens is 290 g/mol. The molecule has 0 radical (unpaired) electrons. The van der Waals surface area contributed by atoms with E-state index in [0.29, 0.717) is 26.3 Å². The largest absolute Gasteiger partial charge is 0.478 e. The number of fused-ring (bicyclic) bond motifs is 1. The zero-order valence-electron chi connectivity index (χ0n) is 12.2. The maximum atomic E-state index is 12.5. The first kappa shape index (κ1) is 14.7. The van der Waals surface area contributed by atoms with E-state index in [2.05, 4.69) is 9.88 Å². The van der Waals surface area contributed by atoms with Gasteiger partial charge in [0.25, 0.3) is 5.56 Å². The maximum absolute atomic E-state index is 12.5. The highest BCUT2D eigenvalue weighted by Crippen LogP contribution is 2.20. The fraction of sp³-hybridized carbons (Fsp3) is 0.500. The first-order valence-electron chi connectivity index (χ1n) is 7.10. The van der Waals surface area contributed by atoms with Gasteiger partial charge in [-0.3, -0.25) is 14.3 Å². The standard InChI is InChI=1S/C14H17N3O5/c1-9-10(14(19)20)11-12(22-9)15-8-17(13(11)18)3-2-16-4-6-21-7-5-16/h8H,2-7H2,1H3,(H,19,20). The van der Waals surface area contributed by atoms with Gasteiger partial charge < -0.3 is 14.3 Å². The summed E-state index contributed by atoms with van der Waals surface area (Å²) in [6, 6.07) is 0. The van der Waals surface area contributed by atoms with Crippen LogP contribution < -0.4 is 5.56 Å². The number of carboxylic acids is 1. The second kappa shape index (κ2) is 5.90. The summed E-state index contributed by atoms with van der Waals surface area (Å²) in [5, 5.41) is 9.28. The van der Waals surface area contributed by atoms with Gasteiger partial charge in [0.2, 0.25) is 5.71 Å². The van der Waals surface area contributed by atoms with E-state index >= 15 is 0 Å². The minimum absolute atomic E-state index is 0.0366. The van der Waals surface area contributed by atoms with Crippen molar-refractivity contribution in [1.29, 1.82) is 0 Å². The summed E-state index contributed by atoms with van der Waals surface area (Å²) in [7, 11) is 0. The third kappa shape index (κ3) is 2.62. The molecule has 0 spiro atoms. The second-order valence-electron chi connectivity index (χ2n) is 5.22. The Morgan fingerprint density at radius 2 is 2.09 bits per heavy atom. The predicted molar refractivity (Wildman–Crippen MR) is 77.2 cm³/mol. The van der Waals surface area contributed by atoms with Crippen molar-refractivity contribution in [3.63, 3.8) is 0 Å². The van der Waals surface area contributed by atoms with E-state index in [4.69, 9.17) is 9.15 Å². The Hall–Kier alpha value is -2.19. The molecule has 3 rings (SSSR count). The van der Waals surface area contributed by atoms with Crippen LogP contribution in [0, 0.1) is 6.92 Å². The van der Waals surface area contributed by atoms with Crippen molar-refractivity contribution < 1.29 is 19.1 Å². The molecule has 118 valence electrons. The first-order chi connectivity index (χ1) is 10.6. The fourth-order valence-electron chi connectivity index (χ4n) is 2.63. The second-order valence-corrected chi connectivity index (χ2v) is 5.22. The molecule has 1 N–H and O–H groups in total. The Morgan fingerprint density at radius 1 is 1.36 bits per heavy atom. The molecule has 0 unspecified atom stereocenters. The molecule has 0 amide bonds. The molecule has 2 aromatic rings. The summed E-state index contributed by atoms with van der Waals surface area (Å²) in [5.41, 5.74) is -0.414. The molecule has 3 heterocycles. The van der Waals surface area contributed by atoms with Gasteiger partial charge in [0.1, 0.15) is 23.0 Å². The first-order valence-corrected chi connectivity index (χ1v) is 7.10. The van der Waals surface area contributed by atoms with Crippen LogP contribution in [0.25, 0.3) is 11.1 Å². The lowest BCUT2D eigenvalue weighted by atomic mass is 10.2. The number of carbonyl (C=O) groups is 1. The minimum Gasteiger partial charge on any atom is -0.478 e. The number of rotatable bonds is 4. The van der Waals surface area contributed by atoms with E-state index in [1.807, 2.05) is 0 Å². The highest BCUT2D eigenvalue weighted by molar-refractivity contribution is 6.02. The Kier molecular flexibility index (Phi) is 3.95. The van der Waals surface area contributed by atoms with Gasteiger partial charge in [0.15, 0.2) is 0 Å². The molecular formula is C14H17N3O5. The highest BCUT2D eigenvalue weighted by Gasteiger charge is 2.22. The summed E-state index contributed by atoms with van der Waals surface area (Å²) >= 11 is 0. The van der Waals surface area contributed by atoms with Gasteiger partial charge in [0.05, 0.1) is 13.2 Å². The van der Waals surface area contributed by atoms with Crippen LogP contribution >= 0.6 is 0 Å². The van der Waals surface area contributed by atoms with Gasteiger partial charge in [-0.1, -0.05) is 0 Å². The molecule has 0 saturated carbocycles. The van der Waals surface area contributed by atoms with Crippen LogP contribution in [0.15, 0.2) is 15.5 Å². The molecule has 1 fully saturated rings. The van der Waals surface area contributed by atoms with Gasteiger partial charge in [0, 0.05) is 26.2 Å². The van der Waals surface area contributed by atoms with Crippen molar-refractivity contribution in [2.45, 2.75) is 13.5 Å². The van der Waals surface area contributed by atoms with Gasteiger partial charge in [-0.2, -0.15) is 0 Å². The number of aromatic nitrogens is 2. The maximum Gasteiger partial charge on any atom is 0.340 e. The van der Waals surface area contributed by atoms with Crippen molar-refractivity contribution in [3.8, 4) is 0 Å². The molecule has 2 aromatic heterocycles. The van der Waals surface area contributed by atoms with E-state index in [-0.39, 0.29) is 28.0 Å². The van der Waals surface area contributed by atoms with E-state index in [0.717, 1.165) is 13.1 Å². The predicted octanol–water partition coefficient (Wildman–Crippen LogP) is 0.328. The van der Waals surface area contributed by atoms with Crippen LogP contribution in [0.1, 0.15) is 16.1 Å². The van der Waals surface area contributed by atoms with Crippen molar-refractivity contribution in [1.82, 2.24) is 14.5 Å². The zero-order chi connectivity index (χ0) is 15.7. The average Bonchev–Trinajstić information content (AvgIpc) is 2.85. The molecule has 8 nitrogen and oxygen atoms in total. The van der Waals surface area contributed by atoms with Crippen LogP contribution in [0.3, 0.4) is 0 Å². The number of hydrogen-bond donors (Lipinski definition) is 1. The SMILES string of the molecule is Cc1oc2ncn(CCN3CCOCC3)c(=O)c2c1C(=O)O. The number of hydrogen-bond acceptors (Lipinski definition) is 6. The lowest BCUT2D eigenvalue weighted by Gasteiger charge is -2.26. The molecule has 0 aromatic carbocycles. The van der Waals surface area contributed by atoms with Crippen LogP contribution in [0.4, 0.5) is 0 Å². The summed E-state index contributed by atoms with van der Waals surface area (Å²) < 4.78 is 12.0. The number of aromatic carboxylic acids is 1. The van der Waals surface area contributed by atoms with E-state index in [1.165, 1.54) is 17.8 Å². The van der Waals surface area contributed by atoms with E-state index < -0.39 is 5.97 Å². The molecule has 0 bridgehead atoms. The van der Waals surface area contributed by atoms with Crippen LogP contribution in [-0.4, -0.2) is 58.4 Å². The normalized spacial score (nSPS) is 16.2. The Bertz CT molecular complexity index is 758. The summed E-state index contributed by atoms with van der Waals surface area (Å²) in [5.74, 6) is -0.987. The van der Waals surface area contributed by atoms with Gasteiger partial charge in [-0.25, -0.2) is 9.78 Å². The minimum atomic E-state index is -1.18. The molecule has 1 aliphatic rings. The third-order valence-electron chi connectivity index (χ3n) is 3.83. The van der Waals surface area contributed by atoms with Crippen LogP contribution in [0.5, 0.6) is 0 Å².